The molecule has 0 saturated heterocycles. The summed E-state index contributed by atoms with van der Waals surface area (Å²) in [4.78, 5) is 27.1. The summed E-state index contributed by atoms with van der Waals surface area (Å²) in [6, 6.07) is 4.77. The van der Waals surface area contributed by atoms with Crippen molar-refractivity contribution in [2.75, 3.05) is 6.54 Å². The predicted molar refractivity (Wildman–Crippen MR) is 102 cm³/mol. The van der Waals surface area contributed by atoms with Crippen molar-refractivity contribution in [3.05, 3.63) is 57.1 Å². The highest BCUT2D eigenvalue weighted by Crippen LogP contribution is 2.40. The van der Waals surface area contributed by atoms with Gasteiger partial charge in [0.1, 0.15) is 5.82 Å². The molecule has 2 amide bonds. The first-order chi connectivity index (χ1) is 12.3. The number of benzene rings is 1. The maximum atomic E-state index is 13.6. The Kier molecular flexibility index (Phi) is 5.32. The highest BCUT2D eigenvalue weighted by atomic mass is 79.9. The maximum Gasteiger partial charge on any atom is 0.249 e. The van der Waals surface area contributed by atoms with Crippen LogP contribution in [0.25, 0.3) is 0 Å². The van der Waals surface area contributed by atoms with Gasteiger partial charge in [-0.2, -0.15) is 0 Å². The van der Waals surface area contributed by atoms with Crippen LogP contribution in [0, 0.1) is 11.7 Å². The van der Waals surface area contributed by atoms with Gasteiger partial charge < -0.3 is 5.32 Å². The van der Waals surface area contributed by atoms with Gasteiger partial charge in [0.25, 0.3) is 0 Å². The number of nitrogens with one attached hydrogen (secondary N) is 1. The molecule has 138 valence electrons. The molecule has 3 rings (SSSR count). The molecule has 0 aromatic heterocycles. The molecule has 0 aliphatic carbocycles. The Morgan fingerprint density at radius 2 is 2.15 bits per heavy atom. The lowest BCUT2D eigenvalue weighted by Crippen LogP contribution is -2.43. The molecule has 26 heavy (non-hydrogen) atoms. The fraction of sp³-hybridized carbons (Fsp3) is 0.400. The summed E-state index contributed by atoms with van der Waals surface area (Å²) in [7, 11) is 0. The molecule has 1 aromatic rings. The summed E-state index contributed by atoms with van der Waals surface area (Å²) < 4.78 is 14.0. The Balaban J connectivity index is 2.09. The number of halogens is 2. The molecule has 0 spiro atoms. The van der Waals surface area contributed by atoms with Crippen LogP contribution in [0.5, 0.6) is 0 Å². The molecular formula is C20H22BrFN2O2. The number of carbonyl (C=O) groups excluding carboxylic acids is 2. The molecule has 0 radical (unpaired) electrons. The van der Waals surface area contributed by atoms with Gasteiger partial charge in [0.2, 0.25) is 11.8 Å². The van der Waals surface area contributed by atoms with Gasteiger partial charge in [0, 0.05) is 42.3 Å². The number of nitrogens with zero attached hydrogens (tertiary/aromatic N) is 1. The van der Waals surface area contributed by atoms with Crippen molar-refractivity contribution >= 4 is 27.7 Å². The Bertz CT molecular complexity index is 829. The number of hydrogen-bond acceptors (Lipinski definition) is 2. The van der Waals surface area contributed by atoms with E-state index >= 15 is 0 Å². The molecule has 2 aliphatic rings. The van der Waals surface area contributed by atoms with Gasteiger partial charge in [-0.05, 0) is 46.5 Å². The molecule has 6 heteroatoms. The first kappa shape index (κ1) is 18.8. The maximum absolute atomic E-state index is 13.6. The zero-order chi connectivity index (χ0) is 19.0. The van der Waals surface area contributed by atoms with Crippen LogP contribution in [-0.4, -0.2) is 23.3 Å². The monoisotopic (exact) mass is 420 g/mol. The summed E-state index contributed by atoms with van der Waals surface area (Å²) in [5.41, 5.74) is 2.98. The molecule has 1 N–H and O–H groups in total. The second kappa shape index (κ2) is 7.35. The summed E-state index contributed by atoms with van der Waals surface area (Å²) in [6.07, 6.45) is 2.95. The zero-order valence-corrected chi connectivity index (χ0v) is 16.7. The summed E-state index contributed by atoms with van der Waals surface area (Å²) in [5, 5.41) is 2.87. The molecule has 1 aromatic carbocycles. The van der Waals surface area contributed by atoms with E-state index in [0.717, 1.165) is 17.0 Å². The number of carbonyl (C=O) groups is 2. The van der Waals surface area contributed by atoms with E-state index in [2.05, 4.69) is 21.2 Å². The lowest BCUT2D eigenvalue weighted by atomic mass is 9.83. The van der Waals surface area contributed by atoms with E-state index in [1.165, 1.54) is 6.07 Å². The van der Waals surface area contributed by atoms with Crippen LogP contribution in [0.3, 0.4) is 0 Å². The molecule has 0 bridgehead atoms. The lowest BCUT2D eigenvalue weighted by molar-refractivity contribution is -0.128. The van der Waals surface area contributed by atoms with Crippen molar-refractivity contribution in [1.82, 2.24) is 10.2 Å². The third-order valence-electron chi connectivity index (χ3n) is 4.68. The molecule has 0 saturated carbocycles. The molecular weight excluding hydrogens is 399 g/mol. The molecule has 1 unspecified atom stereocenters. The molecule has 2 aliphatic heterocycles. The van der Waals surface area contributed by atoms with Gasteiger partial charge in [-0.25, -0.2) is 4.39 Å². The highest BCUT2D eigenvalue weighted by molar-refractivity contribution is 9.10. The minimum atomic E-state index is -0.346. The summed E-state index contributed by atoms with van der Waals surface area (Å²) in [5.74, 6) is -0.563. The highest BCUT2D eigenvalue weighted by Gasteiger charge is 2.36. The largest absolute Gasteiger partial charge is 0.352 e. The van der Waals surface area contributed by atoms with Crippen molar-refractivity contribution in [3.8, 4) is 0 Å². The third-order valence-corrected chi connectivity index (χ3v) is 5.29. The second-order valence-corrected chi connectivity index (χ2v) is 8.01. The van der Waals surface area contributed by atoms with Gasteiger partial charge >= 0.3 is 0 Å². The van der Waals surface area contributed by atoms with Crippen molar-refractivity contribution in [2.45, 2.75) is 39.5 Å². The zero-order valence-electron chi connectivity index (χ0n) is 15.1. The van der Waals surface area contributed by atoms with Crippen molar-refractivity contribution < 1.29 is 14.0 Å². The third kappa shape index (κ3) is 3.47. The van der Waals surface area contributed by atoms with Crippen molar-refractivity contribution in [2.24, 2.45) is 5.92 Å². The molecule has 2 heterocycles. The van der Waals surface area contributed by atoms with Crippen LogP contribution < -0.4 is 5.32 Å². The normalized spacial score (nSPS) is 20.1. The SMILES string of the molecule is CC1=CC(c2ccc(F)c(Br)c2)C2=C(CCNC2=O)N1C(=O)CC(C)C. The van der Waals surface area contributed by atoms with Crippen LogP contribution in [0.2, 0.25) is 0 Å². The van der Waals surface area contributed by atoms with E-state index in [4.69, 9.17) is 0 Å². The fourth-order valence-electron chi connectivity index (χ4n) is 3.58. The topological polar surface area (TPSA) is 49.4 Å². The van der Waals surface area contributed by atoms with E-state index in [1.54, 1.807) is 17.0 Å². The average Bonchev–Trinajstić information content (AvgIpc) is 2.56. The molecule has 4 nitrogen and oxygen atoms in total. The summed E-state index contributed by atoms with van der Waals surface area (Å²) >= 11 is 3.22. The van der Waals surface area contributed by atoms with Crippen LogP contribution in [0.4, 0.5) is 4.39 Å². The van der Waals surface area contributed by atoms with E-state index < -0.39 is 0 Å². The standard InChI is InChI=1S/C20H22BrFN2O2/c1-11(2)8-18(25)24-12(3)9-14(13-4-5-16(22)15(21)10-13)19-17(24)6-7-23-20(19)26/h4-5,9-11,14H,6-8H2,1-3H3,(H,23,26). The second-order valence-electron chi connectivity index (χ2n) is 7.15. The minimum absolute atomic E-state index is 0.00897. The van der Waals surface area contributed by atoms with Crippen molar-refractivity contribution in [3.63, 3.8) is 0 Å². The first-order valence-corrected chi connectivity index (χ1v) is 9.56. The summed E-state index contributed by atoms with van der Waals surface area (Å²) in [6.45, 7) is 6.40. The van der Waals surface area contributed by atoms with Gasteiger partial charge in [-0.15, -0.1) is 0 Å². The first-order valence-electron chi connectivity index (χ1n) is 8.77. The number of allylic oxidation sites excluding steroid dienone is 2. The minimum Gasteiger partial charge on any atom is -0.352 e. The molecule has 0 fully saturated rings. The van der Waals surface area contributed by atoms with E-state index in [1.807, 2.05) is 26.8 Å². The lowest BCUT2D eigenvalue weighted by Gasteiger charge is -2.38. The number of rotatable bonds is 3. The van der Waals surface area contributed by atoms with Crippen LogP contribution in [0.1, 0.15) is 45.1 Å². The average molecular weight is 421 g/mol. The van der Waals surface area contributed by atoms with Crippen LogP contribution in [0.15, 0.2) is 45.7 Å². The van der Waals surface area contributed by atoms with Gasteiger partial charge in [0.15, 0.2) is 0 Å². The quantitative estimate of drug-likeness (QED) is 0.794. The smallest absolute Gasteiger partial charge is 0.249 e. The van der Waals surface area contributed by atoms with E-state index in [0.29, 0.717) is 29.4 Å². The Hall–Kier alpha value is -1.95. The predicted octanol–water partition coefficient (Wildman–Crippen LogP) is 4.24. The number of amides is 2. The van der Waals surface area contributed by atoms with Crippen LogP contribution in [-0.2, 0) is 9.59 Å². The number of hydrogen-bond donors (Lipinski definition) is 1. The van der Waals surface area contributed by atoms with Crippen LogP contribution >= 0.6 is 15.9 Å². The van der Waals surface area contributed by atoms with E-state index in [9.17, 15) is 14.0 Å². The van der Waals surface area contributed by atoms with Gasteiger partial charge in [0.05, 0.1) is 4.47 Å². The Morgan fingerprint density at radius 3 is 2.81 bits per heavy atom. The van der Waals surface area contributed by atoms with E-state index in [-0.39, 0.29) is 29.5 Å². The molecule has 1 atom stereocenters. The Labute approximate surface area is 161 Å². The van der Waals surface area contributed by atoms with Gasteiger partial charge in [-0.1, -0.05) is 26.0 Å². The van der Waals surface area contributed by atoms with Crippen molar-refractivity contribution in [1.29, 1.82) is 0 Å². The Morgan fingerprint density at radius 1 is 1.42 bits per heavy atom. The van der Waals surface area contributed by atoms with Gasteiger partial charge in [-0.3, -0.25) is 14.5 Å². The fourth-order valence-corrected chi connectivity index (χ4v) is 3.97.